The number of carbonyl (C=O) groups is 2. The molecule has 0 aliphatic heterocycles. The number of halogens is 3. The molecule has 0 radical (unpaired) electrons. The molecule has 1 heterocycles. The molecule has 0 bridgehead atoms. The summed E-state index contributed by atoms with van der Waals surface area (Å²) in [5.41, 5.74) is 5.57. The fourth-order valence-corrected chi connectivity index (χ4v) is 2.66. The molecule has 144 valence electrons. The Kier molecular flexibility index (Phi) is 5.49. The van der Waals surface area contributed by atoms with Crippen LogP contribution in [0.5, 0.6) is 0 Å². The molecule has 0 fully saturated rings. The molecule has 8 heteroatoms. The predicted octanol–water partition coefficient (Wildman–Crippen LogP) is 3.59. The molecular weight excluding hydrogens is 371 g/mol. The molecule has 2 aromatic carbocycles. The van der Waals surface area contributed by atoms with Crippen LogP contribution in [0.1, 0.15) is 16.7 Å². The van der Waals surface area contributed by atoms with Crippen LogP contribution in [-0.2, 0) is 22.2 Å². The average molecular weight is 387 g/mol. The maximum atomic E-state index is 12.7. The van der Waals surface area contributed by atoms with Crippen LogP contribution < -0.4 is 10.9 Å². The van der Waals surface area contributed by atoms with E-state index >= 15 is 0 Å². The van der Waals surface area contributed by atoms with Gasteiger partial charge in [0.1, 0.15) is 0 Å². The number of para-hydroxylation sites is 1. The van der Waals surface area contributed by atoms with Crippen LogP contribution in [0.2, 0.25) is 0 Å². The Bertz CT molecular complexity index is 1040. The van der Waals surface area contributed by atoms with Gasteiger partial charge in [0.25, 0.3) is 5.91 Å². The predicted molar refractivity (Wildman–Crippen MR) is 98.8 cm³/mol. The topological polar surface area (TPSA) is 74.0 Å². The number of fused-ring (bicyclic) bond motifs is 1. The normalized spacial score (nSPS) is 11.7. The first-order valence-corrected chi connectivity index (χ1v) is 8.32. The maximum Gasteiger partial charge on any atom is 0.416 e. The van der Waals surface area contributed by atoms with Gasteiger partial charge in [-0.2, -0.15) is 13.2 Å². The molecular formula is C20H16F3N3O2. The summed E-state index contributed by atoms with van der Waals surface area (Å²) in [6, 6.07) is 12.1. The third kappa shape index (κ3) is 4.79. The Morgan fingerprint density at radius 1 is 1.04 bits per heavy atom. The van der Waals surface area contributed by atoms with E-state index in [1.165, 1.54) is 18.2 Å². The van der Waals surface area contributed by atoms with Crippen molar-refractivity contribution < 1.29 is 22.8 Å². The maximum absolute atomic E-state index is 12.7. The van der Waals surface area contributed by atoms with Crippen molar-refractivity contribution in [1.82, 2.24) is 15.8 Å². The zero-order valence-electron chi connectivity index (χ0n) is 14.5. The highest BCUT2D eigenvalue weighted by Gasteiger charge is 2.30. The molecule has 0 aliphatic carbocycles. The molecule has 2 amide bonds. The third-order valence-corrected chi connectivity index (χ3v) is 3.99. The van der Waals surface area contributed by atoms with Gasteiger partial charge in [-0.15, -0.1) is 0 Å². The largest absolute Gasteiger partial charge is 0.416 e. The number of amides is 2. The molecule has 0 spiro atoms. The number of H-pyrrole nitrogens is 1. The second-order valence-electron chi connectivity index (χ2n) is 6.03. The van der Waals surface area contributed by atoms with E-state index in [2.05, 4.69) is 15.8 Å². The van der Waals surface area contributed by atoms with Gasteiger partial charge in [0, 0.05) is 23.2 Å². The van der Waals surface area contributed by atoms with Crippen molar-refractivity contribution in [2.45, 2.75) is 12.6 Å². The molecule has 0 saturated heterocycles. The van der Waals surface area contributed by atoms with Crippen LogP contribution in [0.3, 0.4) is 0 Å². The molecule has 3 N–H and O–H groups in total. The highest BCUT2D eigenvalue weighted by molar-refractivity contribution is 5.94. The summed E-state index contributed by atoms with van der Waals surface area (Å²) >= 11 is 0. The SMILES string of the molecule is O=C(/C=C/c1cccc(C(F)(F)F)c1)NNC(=O)Cc1c[nH]c2ccccc12. The molecule has 1 aromatic heterocycles. The van der Waals surface area contributed by atoms with Crippen LogP contribution in [0, 0.1) is 0 Å². The van der Waals surface area contributed by atoms with Gasteiger partial charge in [-0.05, 0) is 35.4 Å². The molecule has 0 unspecified atom stereocenters. The molecule has 5 nitrogen and oxygen atoms in total. The number of aromatic amines is 1. The monoisotopic (exact) mass is 387 g/mol. The van der Waals surface area contributed by atoms with Gasteiger partial charge in [0.2, 0.25) is 5.91 Å². The van der Waals surface area contributed by atoms with Crippen molar-refractivity contribution >= 4 is 28.8 Å². The second-order valence-corrected chi connectivity index (χ2v) is 6.03. The van der Waals surface area contributed by atoms with E-state index in [0.29, 0.717) is 0 Å². The Morgan fingerprint density at radius 3 is 2.61 bits per heavy atom. The molecule has 0 saturated carbocycles. The van der Waals surface area contributed by atoms with Gasteiger partial charge in [-0.25, -0.2) is 0 Å². The minimum absolute atomic E-state index is 0.0572. The van der Waals surface area contributed by atoms with Crippen molar-refractivity contribution in [3.8, 4) is 0 Å². The number of hydrogen-bond acceptors (Lipinski definition) is 2. The second kappa shape index (κ2) is 7.99. The molecule has 3 rings (SSSR count). The van der Waals surface area contributed by atoms with Gasteiger partial charge in [0.15, 0.2) is 0 Å². The summed E-state index contributed by atoms with van der Waals surface area (Å²) in [5.74, 6) is -1.09. The van der Waals surface area contributed by atoms with E-state index in [0.717, 1.165) is 34.7 Å². The fraction of sp³-hybridized carbons (Fsp3) is 0.100. The summed E-state index contributed by atoms with van der Waals surface area (Å²) in [4.78, 5) is 26.8. The lowest BCUT2D eigenvalue weighted by molar-refractivity contribution is -0.137. The standard InChI is InChI=1S/C20H16F3N3O2/c21-20(22,23)15-5-3-4-13(10-15)8-9-18(27)25-26-19(28)11-14-12-24-17-7-2-1-6-16(14)17/h1-10,12,24H,11H2,(H,25,27)(H,26,28)/b9-8+. The first kappa shape index (κ1) is 19.2. The van der Waals surface area contributed by atoms with Gasteiger partial charge in [-0.1, -0.05) is 30.3 Å². The quantitative estimate of drug-likeness (QED) is 0.473. The highest BCUT2D eigenvalue weighted by Crippen LogP contribution is 2.29. The van der Waals surface area contributed by atoms with Crippen molar-refractivity contribution in [1.29, 1.82) is 0 Å². The van der Waals surface area contributed by atoms with Crippen LogP contribution >= 0.6 is 0 Å². The minimum Gasteiger partial charge on any atom is -0.361 e. The zero-order chi connectivity index (χ0) is 20.1. The van der Waals surface area contributed by atoms with Crippen LogP contribution in [0.25, 0.3) is 17.0 Å². The van der Waals surface area contributed by atoms with Gasteiger partial charge >= 0.3 is 6.18 Å². The van der Waals surface area contributed by atoms with Gasteiger partial charge in [-0.3, -0.25) is 20.4 Å². The summed E-state index contributed by atoms with van der Waals surface area (Å²) in [7, 11) is 0. The number of carbonyl (C=O) groups excluding carboxylic acids is 2. The lowest BCUT2D eigenvalue weighted by atomic mass is 10.1. The lowest BCUT2D eigenvalue weighted by Gasteiger charge is -2.07. The zero-order valence-corrected chi connectivity index (χ0v) is 14.5. The van der Waals surface area contributed by atoms with E-state index in [1.807, 2.05) is 24.3 Å². The lowest BCUT2D eigenvalue weighted by Crippen LogP contribution is -2.41. The highest BCUT2D eigenvalue weighted by atomic mass is 19.4. The average Bonchev–Trinajstić information content (AvgIpc) is 3.07. The number of nitrogens with one attached hydrogen (secondary N) is 3. The van der Waals surface area contributed by atoms with Gasteiger partial charge < -0.3 is 4.98 Å². The molecule has 0 atom stereocenters. The number of hydrogen-bond donors (Lipinski definition) is 3. The van der Waals surface area contributed by atoms with E-state index in [9.17, 15) is 22.8 Å². The summed E-state index contributed by atoms with van der Waals surface area (Å²) in [5, 5.41) is 0.911. The van der Waals surface area contributed by atoms with E-state index in [4.69, 9.17) is 0 Å². The van der Waals surface area contributed by atoms with Crippen molar-refractivity contribution in [3.63, 3.8) is 0 Å². The van der Waals surface area contributed by atoms with Crippen molar-refractivity contribution in [2.24, 2.45) is 0 Å². The number of benzene rings is 2. The molecule has 28 heavy (non-hydrogen) atoms. The van der Waals surface area contributed by atoms with Crippen LogP contribution in [0.4, 0.5) is 13.2 Å². The van der Waals surface area contributed by atoms with Crippen molar-refractivity contribution in [2.75, 3.05) is 0 Å². The van der Waals surface area contributed by atoms with E-state index < -0.39 is 23.6 Å². The van der Waals surface area contributed by atoms with Crippen molar-refractivity contribution in [3.05, 3.63) is 77.5 Å². The summed E-state index contributed by atoms with van der Waals surface area (Å²) in [6.45, 7) is 0. The number of aromatic nitrogens is 1. The number of hydrazine groups is 1. The number of alkyl halides is 3. The number of rotatable bonds is 4. The summed E-state index contributed by atoms with van der Waals surface area (Å²) < 4.78 is 38.0. The Morgan fingerprint density at radius 2 is 1.82 bits per heavy atom. The smallest absolute Gasteiger partial charge is 0.361 e. The van der Waals surface area contributed by atoms with E-state index in [1.54, 1.807) is 6.20 Å². The third-order valence-electron chi connectivity index (χ3n) is 3.99. The summed E-state index contributed by atoms with van der Waals surface area (Å²) in [6.07, 6.45) is -0.401. The molecule has 3 aromatic rings. The Hall–Kier alpha value is -3.55. The fourth-order valence-electron chi connectivity index (χ4n) is 2.66. The van der Waals surface area contributed by atoms with Crippen LogP contribution in [-0.4, -0.2) is 16.8 Å². The Balaban J connectivity index is 1.54. The van der Waals surface area contributed by atoms with E-state index in [-0.39, 0.29) is 12.0 Å². The minimum atomic E-state index is -4.46. The first-order valence-electron chi connectivity index (χ1n) is 8.32. The first-order chi connectivity index (χ1) is 13.3. The molecule has 0 aliphatic rings. The van der Waals surface area contributed by atoms with Gasteiger partial charge in [0.05, 0.1) is 12.0 Å². The van der Waals surface area contributed by atoms with Crippen LogP contribution in [0.15, 0.2) is 60.8 Å². The Labute approximate surface area is 158 Å².